The fourth-order valence-corrected chi connectivity index (χ4v) is 4.83. The molecule has 0 aromatic carbocycles. The van der Waals surface area contributed by atoms with Crippen molar-refractivity contribution in [2.24, 2.45) is 0 Å². The highest BCUT2D eigenvalue weighted by Crippen LogP contribution is 2.33. The van der Waals surface area contributed by atoms with Crippen molar-refractivity contribution in [3.05, 3.63) is 41.2 Å². The van der Waals surface area contributed by atoms with Crippen LogP contribution in [0.25, 0.3) is 0 Å². The smallest absolute Gasteiger partial charge is 0.276 e. The van der Waals surface area contributed by atoms with Crippen molar-refractivity contribution in [3.63, 3.8) is 0 Å². The Morgan fingerprint density at radius 2 is 1.75 bits per heavy atom. The summed E-state index contributed by atoms with van der Waals surface area (Å²) in [7, 11) is 0. The summed E-state index contributed by atoms with van der Waals surface area (Å²) in [5.41, 5.74) is 1.10. The van der Waals surface area contributed by atoms with Gasteiger partial charge in [-0.3, -0.25) is 14.6 Å². The third kappa shape index (κ3) is 4.06. The van der Waals surface area contributed by atoms with Crippen molar-refractivity contribution < 1.29 is 9.59 Å². The zero-order valence-corrected chi connectivity index (χ0v) is 16.6. The van der Waals surface area contributed by atoms with Crippen molar-refractivity contribution in [1.29, 1.82) is 0 Å². The van der Waals surface area contributed by atoms with E-state index >= 15 is 0 Å². The molecule has 2 amide bonds. The lowest BCUT2D eigenvalue weighted by Crippen LogP contribution is -2.49. The SMILES string of the molecule is O=C(NC1CCCC1)[C@@H](c1ccncc1)N(C(=O)c1csnn1)C1CCCC1. The second-order valence-electron chi connectivity index (χ2n) is 7.61. The molecule has 1 atom stereocenters. The van der Waals surface area contributed by atoms with E-state index in [1.807, 2.05) is 12.1 Å². The minimum atomic E-state index is -0.680. The summed E-state index contributed by atoms with van der Waals surface area (Å²) in [4.78, 5) is 32.6. The summed E-state index contributed by atoms with van der Waals surface area (Å²) >= 11 is 1.15. The molecular weight excluding hydrogens is 374 g/mol. The molecule has 0 saturated heterocycles. The van der Waals surface area contributed by atoms with Gasteiger partial charge in [0.15, 0.2) is 5.69 Å². The van der Waals surface area contributed by atoms with Crippen molar-refractivity contribution in [1.82, 2.24) is 24.8 Å². The van der Waals surface area contributed by atoms with Crippen LogP contribution in [0.2, 0.25) is 0 Å². The third-order valence-corrected chi connectivity index (χ3v) is 6.29. The van der Waals surface area contributed by atoms with Crippen LogP contribution in [0, 0.1) is 0 Å². The van der Waals surface area contributed by atoms with E-state index in [-0.39, 0.29) is 23.9 Å². The highest BCUT2D eigenvalue weighted by Gasteiger charge is 2.39. The van der Waals surface area contributed by atoms with Gasteiger partial charge in [-0.15, -0.1) is 5.10 Å². The Bertz CT molecular complexity index is 786. The Morgan fingerprint density at radius 3 is 2.39 bits per heavy atom. The minimum absolute atomic E-state index is 0.0293. The predicted molar refractivity (Wildman–Crippen MR) is 106 cm³/mol. The number of amides is 2. The highest BCUT2D eigenvalue weighted by atomic mass is 32.1. The Labute approximate surface area is 168 Å². The molecule has 1 N–H and O–H groups in total. The van der Waals surface area contributed by atoms with E-state index in [1.54, 1.807) is 22.7 Å². The van der Waals surface area contributed by atoms with E-state index in [4.69, 9.17) is 0 Å². The van der Waals surface area contributed by atoms with Crippen molar-refractivity contribution in [2.75, 3.05) is 0 Å². The molecule has 0 unspecified atom stereocenters. The van der Waals surface area contributed by atoms with E-state index in [0.717, 1.165) is 68.5 Å². The maximum Gasteiger partial charge on any atom is 0.276 e. The molecule has 2 aromatic heterocycles. The molecule has 0 spiro atoms. The van der Waals surface area contributed by atoms with Crippen LogP contribution in [0.4, 0.5) is 0 Å². The summed E-state index contributed by atoms with van der Waals surface area (Å²) < 4.78 is 3.85. The Kier molecular flexibility index (Phi) is 5.95. The van der Waals surface area contributed by atoms with Crippen LogP contribution in [0.3, 0.4) is 0 Å². The standard InChI is InChI=1S/C20H25N5O2S/c26-19(22-15-5-1-2-6-15)18(14-9-11-21-12-10-14)25(16-7-3-4-8-16)20(27)17-13-28-24-23-17/h9-13,15-16,18H,1-8H2,(H,22,26)/t18-/m1/s1. The van der Waals surface area contributed by atoms with Gasteiger partial charge in [-0.05, 0) is 54.9 Å². The lowest BCUT2D eigenvalue weighted by atomic mass is 10.0. The molecule has 2 aliphatic carbocycles. The maximum atomic E-state index is 13.4. The normalized spacial score (nSPS) is 18.9. The molecule has 2 fully saturated rings. The maximum absolute atomic E-state index is 13.4. The number of hydrogen-bond donors (Lipinski definition) is 1. The number of carbonyl (C=O) groups excluding carboxylic acids is 2. The molecule has 8 heteroatoms. The first-order valence-electron chi connectivity index (χ1n) is 10.0. The van der Waals surface area contributed by atoms with E-state index in [1.165, 1.54) is 0 Å². The summed E-state index contributed by atoms with van der Waals surface area (Å²) in [6.07, 6.45) is 11.6. The largest absolute Gasteiger partial charge is 0.351 e. The number of nitrogens with zero attached hydrogens (tertiary/aromatic N) is 4. The van der Waals surface area contributed by atoms with Gasteiger partial charge >= 0.3 is 0 Å². The molecular formula is C20H25N5O2S. The zero-order valence-electron chi connectivity index (χ0n) is 15.8. The van der Waals surface area contributed by atoms with Crippen LogP contribution < -0.4 is 5.32 Å². The lowest BCUT2D eigenvalue weighted by Gasteiger charge is -2.36. The fourth-order valence-electron chi connectivity index (χ4n) is 4.40. The number of nitrogens with one attached hydrogen (secondary N) is 1. The van der Waals surface area contributed by atoms with Gasteiger partial charge < -0.3 is 10.2 Å². The van der Waals surface area contributed by atoms with Gasteiger partial charge in [-0.2, -0.15) is 0 Å². The van der Waals surface area contributed by atoms with Crippen molar-refractivity contribution >= 4 is 23.3 Å². The second-order valence-corrected chi connectivity index (χ2v) is 8.22. The first kappa shape index (κ1) is 19.0. The van der Waals surface area contributed by atoms with Gasteiger partial charge in [0.25, 0.3) is 5.91 Å². The van der Waals surface area contributed by atoms with Gasteiger partial charge in [0, 0.05) is 29.9 Å². The van der Waals surface area contributed by atoms with E-state index in [0.29, 0.717) is 5.69 Å². The van der Waals surface area contributed by atoms with E-state index < -0.39 is 6.04 Å². The number of carbonyl (C=O) groups is 2. The van der Waals surface area contributed by atoms with Crippen LogP contribution >= 0.6 is 11.5 Å². The van der Waals surface area contributed by atoms with Gasteiger partial charge in [0.05, 0.1) is 0 Å². The minimum Gasteiger partial charge on any atom is -0.351 e. The molecule has 148 valence electrons. The average molecular weight is 400 g/mol. The summed E-state index contributed by atoms with van der Waals surface area (Å²) in [5, 5.41) is 8.83. The second kappa shape index (κ2) is 8.77. The van der Waals surface area contributed by atoms with E-state index in [9.17, 15) is 9.59 Å². The molecule has 0 aliphatic heterocycles. The Morgan fingerprint density at radius 1 is 1.07 bits per heavy atom. The monoisotopic (exact) mass is 399 g/mol. The molecule has 2 heterocycles. The summed E-state index contributed by atoms with van der Waals surface area (Å²) in [6, 6.07) is 3.20. The van der Waals surface area contributed by atoms with Crippen LogP contribution in [0.15, 0.2) is 29.9 Å². The van der Waals surface area contributed by atoms with Gasteiger partial charge in [0.1, 0.15) is 6.04 Å². The fraction of sp³-hybridized carbons (Fsp3) is 0.550. The molecule has 2 aliphatic rings. The first-order chi connectivity index (χ1) is 13.7. The quantitative estimate of drug-likeness (QED) is 0.806. The molecule has 28 heavy (non-hydrogen) atoms. The molecule has 0 radical (unpaired) electrons. The Balaban J connectivity index is 1.69. The van der Waals surface area contributed by atoms with Crippen molar-refractivity contribution in [2.45, 2.75) is 69.5 Å². The number of pyridine rings is 1. The van der Waals surface area contributed by atoms with Crippen LogP contribution in [-0.2, 0) is 4.79 Å². The molecule has 0 bridgehead atoms. The van der Waals surface area contributed by atoms with Gasteiger partial charge in [-0.1, -0.05) is 30.2 Å². The average Bonchev–Trinajstić information content (AvgIpc) is 3.49. The zero-order chi connectivity index (χ0) is 19.3. The predicted octanol–water partition coefficient (Wildman–Crippen LogP) is 3.12. The van der Waals surface area contributed by atoms with Crippen LogP contribution in [-0.4, -0.2) is 43.4 Å². The van der Waals surface area contributed by atoms with Crippen molar-refractivity contribution in [3.8, 4) is 0 Å². The van der Waals surface area contributed by atoms with Gasteiger partial charge in [0.2, 0.25) is 5.91 Å². The highest BCUT2D eigenvalue weighted by molar-refractivity contribution is 7.03. The first-order valence-corrected chi connectivity index (χ1v) is 10.9. The molecule has 2 saturated carbocycles. The third-order valence-electron chi connectivity index (χ3n) is 5.78. The molecule has 4 rings (SSSR count). The molecule has 2 aromatic rings. The lowest BCUT2D eigenvalue weighted by molar-refractivity contribution is -0.127. The topological polar surface area (TPSA) is 88.1 Å². The summed E-state index contributed by atoms with van der Waals surface area (Å²) in [6.45, 7) is 0. The number of hydrogen-bond acceptors (Lipinski definition) is 6. The van der Waals surface area contributed by atoms with Crippen LogP contribution in [0.1, 0.15) is 73.5 Å². The Hall–Kier alpha value is -2.35. The number of aromatic nitrogens is 3. The van der Waals surface area contributed by atoms with E-state index in [2.05, 4.69) is 19.9 Å². The van der Waals surface area contributed by atoms with Crippen LogP contribution in [0.5, 0.6) is 0 Å². The summed E-state index contributed by atoms with van der Waals surface area (Å²) in [5.74, 6) is -0.328. The number of rotatable bonds is 6. The van der Waals surface area contributed by atoms with Gasteiger partial charge in [-0.25, -0.2) is 0 Å². The molecule has 7 nitrogen and oxygen atoms in total.